The highest BCUT2D eigenvalue weighted by Crippen LogP contribution is 2.26. The summed E-state index contributed by atoms with van der Waals surface area (Å²) in [5, 5.41) is 1.86. The highest BCUT2D eigenvalue weighted by atomic mass is 35.5. The minimum absolute atomic E-state index is 0.0865. The van der Waals surface area contributed by atoms with Crippen molar-refractivity contribution in [1.29, 1.82) is 0 Å². The van der Waals surface area contributed by atoms with Gasteiger partial charge in [-0.05, 0) is 42.9 Å². The summed E-state index contributed by atoms with van der Waals surface area (Å²) in [5.41, 5.74) is 6.02. The van der Waals surface area contributed by atoms with Crippen LogP contribution in [0.1, 0.15) is 5.56 Å². The summed E-state index contributed by atoms with van der Waals surface area (Å²) >= 11 is 11.4. The number of nitrogens with zero attached hydrogens (tertiary/aromatic N) is 1. The average molecular weight is 342 g/mol. The van der Waals surface area contributed by atoms with Crippen molar-refractivity contribution in [2.45, 2.75) is 11.5 Å². The lowest BCUT2D eigenvalue weighted by atomic mass is 10.1. The van der Waals surface area contributed by atoms with E-state index in [1.165, 1.54) is 13.2 Å². The quantitative estimate of drug-likeness (QED) is 0.489. The van der Waals surface area contributed by atoms with Crippen molar-refractivity contribution in [2.24, 2.45) is 5.73 Å². The van der Waals surface area contributed by atoms with E-state index in [1.807, 2.05) is 6.08 Å². The van der Waals surface area contributed by atoms with Gasteiger partial charge in [0.05, 0.1) is 7.11 Å². The van der Waals surface area contributed by atoms with E-state index in [9.17, 15) is 4.39 Å². The molecule has 0 aromatic heterocycles. The number of alkyl halides is 1. The van der Waals surface area contributed by atoms with Gasteiger partial charge in [-0.1, -0.05) is 23.7 Å². The molecule has 1 aliphatic heterocycles. The number of nitrogens with one attached hydrogen (secondary N) is 1. The molecule has 1 atom stereocenters. The van der Waals surface area contributed by atoms with Gasteiger partial charge in [0, 0.05) is 18.3 Å². The Morgan fingerprint density at radius 3 is 2.95 bits per heavy atom. The standard InChI is InChI=1S/C15H17ClFN3OS/c1-21-13-6-4-5-12(17)11(13)7-10-20-9-3-2-8-15(20,16)19-14(18)22/h2-6,8-9H,7,10H2,1H3,(H3,18,19,22). The fraction of sp³-hybridized carbons (Fsp3) is 0.267. The van der Waals surface area contributed by atoms with Gasteiger partial charge in [-0.3, -0.25) is 0 Å². The first kappa shape index (κ1) is 16.6. The van der Waals surface area contributed by atoms with E-state index in [1.54, 1.807) is 35.4 Å². The van der Waals surface area contributed by atoms with Crippen molar-refractivity contribution < 1.29 is 9.13 Å². The molecule has 2 rings (SSSR count). The number of hydrogen-bond donors (Lipinski definition) is 2. The molecular weight excluding hydrogens is 325 g/mol. The summed E-state index contributed by atoms with van der Waals surface area (Å²) in [5.74, 6) is 0.206. The van der Waals surface area contributed by atoms with E-state index < -0.39 is 5.12 Å². The molecule has 0 saturated heterocycles. The number of methoxy groups -OCH3 is 1. The topological polar surface area (TPSA) is 50.5 Å². The van der Waals surface area contributed by atoms with E-state index in [4.69, 9.17) is 34.3 Å². The average Bonchev–Trinajstić information content (AvgIpc) is 2.46. The lowest BCUT2D eigenvalue weighted by molar-refractivity contribution is 0.262. The summed E-state index contributed by atoms with van der Waals surface area (Å²) in [7, 11) is 1.52. The molecule has 0 radical (unpaired) electrons. The predicted molar refractivity (Wildman–Crippen MR) is 90.1 cm³/mol. The Bertz CT molecular complexity index is 623. The predicted octanol–water partition coefficient (Wildman–Crippen LogP) is 2.49. The second-order valence-electron chi connectivity index (χ2n) is 4.73. The number of halogens is 2. The van der Waals surface area contributed by atoms with Crippen LogP contribution in [0.2, 0.25) is 0 Å². The summed E-state index contributed by atoms with van der Waals surface area (Å²) < 4.78 is 19.2. The van der Waals surface area contributed by atoms with Crippen LogP contribution in [-0.4, -0.2) is 28.8 Å². The van der Waals surface area contributed by atoms with Crippen LogP contribution in [0.3, 0.4) is 0 Å². The molecule has 3 N–H and O–H groups in total. The van der Waals surface area contributed by atoms with Gasteiger partial charge in [0.25, 0.3) is 0 Å². The van der Waals surface area contributed by atoms with Crippen molar-refractivity contribution in [3.8, 4) is 5.75 Å². The van der Waals surface area contributed by atoms with E-state index in [2.05, 4.69) is 5.32 Å². The van der Waals surface area contributed by atoms with Crippen LogP contribution in [0, 0.1) is 5.82 Å². The van der Waals surface area contributed by atoms with E-state index in [-0.39, 0.29) is 10.9 Å². The zero-order chi connectivity index (χ0) is 16.2. The first-order valence-electron chi connectivity index (χ1n) is 6.67. The Morgan fingerprint density at radius 1 is 1.50 bits per heavy atom. The fourth-order valence-electron chi connectivity index (χ4n) is 2.27. The lowest BCUT2D eigenvalue weighted by Crippen LogP contribution is -2.56. The molecule has 1 unspecified atom stereocenters. The van der Waals surface area contributed by atoms with Crippen LogP contribution < -0.4 is 15.8 Å². The number of nitrogens with two attached hydrogens (primary N) is 1. The number of thiocarbonyl (C=S) groups is 1. The van der Waals surface area contributed by atoms with Crippen LogP contribution >= 0.6 is 23.8 Å². The van der Waals surface area contributed by atoms with Crippen LogP contribution in [0.4, 0.5) is 4.39 Å². The molecule has 0 spiro atoms. The third kappa shape index (κ3) is 3.69. The molecule has 7 heteroatoms. The van der Waals surface area contributed by atoms with Gasteiger partial charge in [0.15, 0.2) is 5.11 Å². The van der Waals surface area contributed by atoms with Gasteiger partial charge in [0.2, 0.25) is 5.12 Å². The summed E-state index contributed by atoms with van der Waals surface area (Å²) in [4.78, 5) is 1.79. The maximum absolute atomic E-state index is 14.0. The second-order valence-corrected chi connectivity index (χ2v) is 5.74. The third-order valence-corrected chi connectivity index (χ3v) is 3.85. The molecule has 0 bridgehead atoms. The largest absolute Gasteiger partial charge is 0.496 e. The summed E-state index contributed by atoms with van der Waals surface area (Å²) in [6.45, 7) is 0.456. The molecule has 0 saturated carbocycles. The van der Waals surface area contributed by atoms with Gasteiger partial charge < -0.3 is 20.7 Å². The van der Waals surface area contributed by atoms with Gasteiger partial charge >= 0.3 is 0 Å². The third-order valence-electron chi connectivity index (χ3n) is 3.31. The van der Waals surface area contributed by atoms with Crippen LogP contribution in [0.25, 0.3) is 0 Å². The Labute approximate surface area is 139 Å². The van der Waals surface area contributed by atoms with E-state index >= 15 is 0 Å². The molecule has 1 aromatic rings. The smallest absolute Gasteiger partial charge is 0.210 e. The maximum Gasteiger partial charge on any atom is 0.210 e. The molecule has 22 heavy (non-hydrogen) atoms. The molecule has 1 aromatic carbocycles. The zero-order valence-electron chi connectivity index (χ0n) is 12.1. The molecule has 4 nitrogen and oxygen atoms in total. The molecule has 0 aliphatic carbocycles. The summed E-state index contributed by atoms with van der Waals surface area (Å²) in [6.07, 6.45) is 7.57. The maximum atomic E-state index is 14.0. The lowest BCUT2D eigenvalue weighted by Gasteiger charge is -2.38. The van der Waals surface area contributed by atoms with E-state index in [0.717, 1.165) is 0 Å². The van der Waals surface area contributed by atoms with Gasteiger partial charge in [-0.25, -0.2) is 4.39 Å². The number of rotatable bonds is 5. The van der Waals surface area contributed by atoms with Crippen molar-refractivity contribution in [2.75, 3.05) is 13.7 Å². The molecule has 118 valence electrons. The van der Waals surface area contributed by atoms with Crippen LogP contribution in [0.15, 0.2) is 42.6 Å². The van der Waals surface area contributed by atoms with Crippen molar-refractivity contribution >= 4 is 28.9 Å². The minimum atomic E-state index is -1.06. The Morgan fingerprint density at radius 2 is 2.27 bits per heavy atom. The SMILES string of the molecule is COc1cccc(F)c1CCN1C=CC=CC1(Cl)NC(N)=S. The van der Waals surface area contributed by atoms with Gasteiger partial charge in [-0.2, -0.15) is 0 Å². The van der Waals surface area contributed by atoms with Crippen molar-refractivity contribution in [1.82, 2.24) is 10.2 Å². The Balaban J connectivity index is 2.15. The van der Waals surface area contributed by atoms with Crippen molar-refractivity contribution in [3.63, 3.8) is 0 Å². The van der Waals surface area contributed by atoms with Crippen LogP contribution in [-0.2, 0) is 6.42 Å². The Hall–Kier alpha value is -1.79. The molecular formula is C15H17ClFN3OS. The van der Waals surface area contributed by atoms with Crippen LogP contribution in [0.5, 0.6) is 5.75 Å². The first-order chi connectivity index (χ1) is 10.5. The molecule has 0 fully saturated rings. The first-order valence-corrected chi connectivity index (χ1v) is 7.45. The highest BCUT2D eigenvalue weighted by molar-refractivity contribution is 7.80. The van der Waals surface area contributed by atoms with Crippen molar-refractivity contribution in [3.05, 3.63) is 54.0 Å². The fourth-order valence-corrected chi connectivity index (χ4v) is 2.80. The van der Waals surface area contributed by atoms with E-state index in [0.29, 0.717) is 24.3 Å². The number of benzene rings is 1. The number of hydrogen-bond acceptors (Lipinski definition) is 3. The normalized spacial score (nSPS) is 20.0. The molecule has 1 aliphatic rings. The monoisotopic (exact) mass is 341 g/mol. The summed E-state index contributed by atoms with van der Waals surface area (Å²) in [6, 6.07) is 4.75. The van der Waals surface area contributed by atoms with Gasteiger partial charge in [-0.15, -0.1) is 0 Å². The number of ether oxygens (including phenoxy) is 1. The van der Waals surface area contributed by atoms with Gasteiger partial charge in [0.1, 0.15) is 11.6 Å². The number of allylic oxidation sites excluding steroid dienone is 2. The molecule has 0 amide bonds. The second kappa shape index (κ2) is 6.98. The zero-order valence-corrected chi connectivity index (χ0v) is 13.6. The highest BCUT2D eigenvalue weighted by Gasteiger charge is 2.31. The minimum Gasteiger partial charge on any atom is -0.496 e. The molecule has 1 heterocycles. The Kier molecular flexibility index (Phi) is 5.26.